The van der Waals surface area contributed by atoms with Gasteiger partial charge in [-0.05, 0) is 43.3 Å². The number of amides is 2. The van der Waals surface area contributed by atoms with Gasteiger partial charge in [-0.3, -0.25) is 9.59 Å². The van der Waals surface area contributed by atoms with E-state index in [4.69, 9.17) is 9.15 Å². The Hall–Kier alpha value is -3.02. The molecule has 2 amide bonds. The lowest BCUT2D eigenvalue weighted by atomic mass is 10.2. The van der Waals surface area contributed by atoms with E-state index in [9.17, 15) is 9.59 Å². The Balaban J connectivity index is 1.70. The summed E-state index contributed by atoms with van der Waals surface area (Å²) in [6.07, 6.45) is 3.95. The monoisotopic (exact) mass is 298 g/mol. The zero-order valence-electron chi connectivity index (χ0n) is 11.8. The topological polar surface area (TPSA) is 80.6 Å². The highest BCUT2D eigenvalue weighted by Crippen LogP contribution is 2.32. The number of furan rings is 1. The number of benzene rings is 1. The van der Waals surface area contributed by atoms with Gasteiger partial charge in [-0.25, -0.2) is 0 Å². The predicted octanol–water partition coefficient (Wildman–Crippen LogP) is 2.65. The van der Waals surface area contributed by atoms with E-state index < -0.39 is 6.10 Å². The first kappa shape index (κ1) is 13.9. The number of ether oxygens (including phenoxy) is 1. The number of nitrogens with one attached hydrogen (secondary N) is 2. The summed E-state index contributed by atoms with van der Waals surface area (Å²) in [5.41, 5.74) is 1.10. The SMILES string of the molecule is C[C@H]1Oc2ccc(NC(=O)/C=C/c3ccco3)cc2NC1=O. The summed E-state index contributed by atoms with van der Waals surface area (Å²) in [4.78, 5) is 23.4. The molecule has 1 aromatic heterocycles. The molecule has 0 radical (unpaired) electrons. The van der Waals surface area contributed by atoms with Crippen molar-refractivity contribution in [3.05, 3.63) is 48.4 Å². The molecule has 6 heteroatoms. The van der Waals surface area contributed by atoms with Crippen molar-refractivity contribution in [3.63, 3.8) is 0 Å². The van der Waals surface area contributed by atoms with Crippen molar-refractivity contribution in [2.24, 2.45) is 0 Å². The molecule has 1 aromatic carbocycles. The van der Waals surface area contributed by atoms with Crippen LogP contribution in [0.2, 0.25) is 0 Å². The van der Waals surface area contributed by atoms with Crippen LogP contribution in [-0.4, -0.2) is 17.9 Å². The summed E-state index contributed by atoms with van der Waals surface area (Å²) >= 11 is 0. The summed E-state index contributed by atoms with van der Waals surface area (Å²) in [6.45, 7) is 1.67. The third-order valence-corrected chi connectivity index (χ3v) is 3.12. The molecule has 2 heterocycles. The molecule has 2 aromatic rings. The Kier molecular flexibility index (Phi) is 3.65. The number of hydrogen-bond acceptors (Lipinski definition) is 4. The summed E-state index contributed by atoms with van der Waals surface area (Å²) in [7, 11) is 0. The summed E-state index contributed by atoms with van der Waals surface area (Å²) < 4.78 is 10.5. The van der Waals surface area contributed by atoms with Gasteiger partial charge in [0.15, 0.2) is 6.10 Å². The Morgan fingerprint density at radius 3 is 3.00 bits per heavy atom. The quantitative estimate of drug-likeness (QED) is 0.854. The third kappa shape index (κ3) is 3.01. The number of anilines is 2. The minimum Gasteiger partial charge on any atom is -0.479 e. The van der Waals surface area contributed by atoms with Gasteiger partial charge in [0, 0.05) is 11.8 Å². The van der Waals surface area contributed by atoms with E-state index in [1.807, 2.05) is 0 Å². The number of fused-ring (bicyclic) bond motifs is 1. The molecule has 0 bridgehead atoms. The second kappa shape index (κ2) is 5.77. The predicted molar refractivity (Wildman–Crippen MR) is 81.5 cm³/mol. The second-order valence-corrected chi connectivity index (χ2v) is 4.80. The number of carbonyl (C=O) groups excluding carboxylic acids is 2. The molecule has 6 nitrogen and oxygen atoms in total. The fraction of sp³-hybridized carbons (Fsp3) is 0.125. The van der Waals surface area contributed by atoms with Crippen LogP contribution in [-0.2, 0) is 9.59 Å². The van der Waals surface area contributed by atoms with Gasteiger partial charge in [0.25, 0.3) is 5.91 Å². The van der Waals surface area contributed by atoms with Gasteiger partial charge in [-0.2, -0.15) is 0 Å². The minimum atomic E-state index is -0.524. The van der Waals surface area contributed by atoms with Gasteiger partial charge in [-0.1, -0.05) is 0 Å². The Labute approximate surface area is 126 Å². The van der Waals surface area contributed by atoms with Crippen molar-refractivity contribution in [3.8, 4) is 5.75 Å². The van der Waals surface area contributed by atoms with Crippen LogP contribution in [0.25, 0.3) is 6.08 Å². The minimum absolute atomic E-state index is 0.214. The summed E-state index contributed by atoms with van der Waals surface area (Å²) in [6, 6.07) is 8.55. The number of rotatable bonds is 3. The van der Waals surface area contributed by atoms with Crippen molar-refractivity contribution < 1.29 is 18.7 Å². The molecule has 3 rings (SSSR count). The lowest BCUT2D eigenvalue weighted by Gasteiger charge is -2.23. The van der Waals surface area contributed by atoms with Gasteiger partial charge in [-0.15, -0.1) is 0 Å². The van der Waals surface area contributed by atoms with Crippen molar-refractivity contribution in [2.75, 3.05) is 10.6 Å². The fourth-order valence-corrected chi connectivity index (χ4v) is 2.01. The van der Waals surface area contributed by atoms with Gasteiger partial charge in [0.1, 0.15) is 11.5 Å². The van der Waals surface area contributed by atoms with Gasteiger partial charge in [0.05, 0.1) is 12.0 Å². The maximum Gasteiger partial charge on any atom is 0.265 e. The van der Waals surface area contributed by atoms with Crippen LogP contribution in [0.4, 0.5) is 11.4 Å². The highest BCUT2D eigenvalue weighted by atomic mass is 16.5. The standard InChI is InChI=1S/C16H14N2O4/c1-10-16(20)18-13-9-11(4-6-14(13)22-10)17-15(19)7-5-12-3-2-8-21-12/h2-10H,1H3,(H,17,19)(H,18,20)/b7-5+/t10-/m1/s1. The normalized spacial score (nSPS) is 16.8. The van der Waals surface area contributed by atoms with Crippen LogP contribution >= 0.6 is 0 Å². The van der Waals surface area contributed by atoms with Crippen LogP contribution in [0.3, 0.4) is 0 Å². The molecule has 0 saturated carbocycles. The summed E-state index contributed by atoms with van der Waals surface area (Å²) in [5.74, 6) is 0.660. The van der Waals surface area contributed by atoms with E-state index >= 15 is 0 Å². The first-order chi connectivity index (χ1) is 10.6. The molecule has 22 heavy (non-hydrogen) atoms. The third-order valence-electron chi connectivity index (χ3n) is 3.12. The second-order valence-electron chi connectivity index (χ2n) is 4.80. The molecule has 112 valence electrons. The molecular weight excluding hydrogens is 284 g/mol. The van der Waals surface area contributed by atoms with Gasteiger partial charge < -0.3 is 19.8 Å². The van der Waals surface area contributed by atoms with Crippen molar-refractivity contribution >= 4 is 29.3 Å². The van der Waals surface area contributed by atoms with Gasteiger partial charge >= 0.3 is 0 Å². The average Bonchev–Trinajstić information content (AvgIpc) is 3.00. The molecule has 0 saturated heterocycles. The lowest BCUT2D eigenvalue weighted by molar-refractivity contribution is -0.122. The molecule has 0 unspecified atom stereocenters. The molecule has 2 N–H and O–H groups in total. The maximum absolute atomic E-state index is 11.8. The van der Waals surface area contributed by atoms with Gasteiger partial charge in [0.2, 0.25) is 5.91 Å². The van der Waals surface area contributed by atoms with E-state index in [0.717, 1.165) is 0 Å². The Bertz CT molecular complexity index is 735. The number of carbonyl (C=O) groups is 2. The molecule has 1 aliphatic rings. The highest BCUT2D eigenvalue weighted by molar-refractivity contribution is 6.03. The molecule has 0 aliphatic carbocycles. The van der Waals surface area contributed by atoms with Crippen LogP contribution in [0, 0.1) is 0 Å². The Morgan fingerprint density at radius 2 is 2.23 bits per heavy atom. The average molecular weight is 298 g/mol. The summed E-state index contributed by atoms with van der Waals surface area (Å²) in [5, 5.41) is 5.44. The Morgan fingerprint density at radius 1 is 1.36 bits per heavy atom. The van der Waals surface area contributed by atoms with Crippen LogP contribution in [0.1, 0.15) is 12.7 Å². The van der Waals surface area contributed by atoms with Crippen LogP contribution < -0.4 is 15.4 Å². The van der Waals surface area contributed by atoms with Crippen molar-refractivity contribution in [1.82, 2.24) is 0 Å². The maximum atomic E-state index is 11.8. The lowest BCUT2D eigenvalue weighted by Crippen LogP contribution is -2.34. The van der Waals surface area contributed by atoms with Crippen molar-refractivity contribution in [2.45, 2.75) is 13.0 Å². The van der Waals surface area contributed by atoms with Crippen LogP contribution in [0.15, 0.2) is 47.1 Å². The van der Waals surface area contributed by atoms with E-state index in [-0.39, 0.29) is 11.8 Å². The highest BCUT2D eigenvalue weighted by Gasteiger charge is 2.23. The van der Waals surface area contributed by atoms with E-state index in [1.54, 1.807) is 43.3 Å². The zero-order chi connectivity index (χ0) is 15.5. The molecule has 0 spiro atoms. The first-order valence-electron chi connectivity index (χ1n) is 6.76. The van der Waals surface area contributed by atoms with E-state index in [0.29, 0.717) is 22.9 Å². The van der Waals surface area contributed by atoms with E-state index in [2.05, 4.69) is 10.6 Å². The molecule has 1 aliphatic heterocycles. The first-order valence-corrected chi connectivity index (χ1v) is 6.76. The zero-order valence-corrected chi connectivity index (χ0v) is 11.8. The number of hydrogen-bond donors (Lipinski definition) is 2. The smallest absolute Gasteiger partial charge is 0.265 e. The van der Waals surface area contributed by atoms with E-state index in [1.165, 1.54) is 12.3 Å². The molecule has 0 fully saturated rings. The largest absolute Gasteiger partial charge is 0.479 e. The van der Waals surface area contributed by atoms with Crippen molar-refractivity contribution in [1.29, 1.82) is 0 Å². The molecule has 1 atom stereocenters. The molecular formula is C16H14N2O4. The fourth-order valence-electron chi connectivity index (χ4n) is 2.01. The van der Waals surface area contributed by atoms with Crippen LogP contribution in [0.5, 0.6) is 5.75 Å².